The summed E-state index contributed by atoms with van der Waals surface area (Å²) in [4.78, 5) is 54.7. The predicted octanol–water partition coefficient (Wildman–Crippen LogP) is 2.64. The zero-order valence-electron chi connectivity index (χ0n) is 24.7. The first kappa shape index (κ1) is 32.0. The maximum atomic E-state index is 13.7. The Kier molecular flexibility index (Phi) is 9.49. The van der Waals surface area contributed by atoms with Crippen molar-refractivity contribution in [2.45, 2.75) is 100 Å². The van der Waals surface area contributed by atoms with Crippen LogP contribution in [0.5, 0.6) is 0 Å². The number of ether oxygens (including phenoxy) is 1. The number of nitrogens with zero attached hydrogens (tertiary/aromatic N) is 2. The third-order valence-corrected chi connectivity index (χ3v) is 9.19. The quantitative estimate of drug-likeness (QED) is 0.435. The van der Waals surface area contributed by atoms with E-state index in [0.29, 0.717) is 38.6 Å². The first-order valence-electron chi connectivity index (χ1n) is 14.6. The van der Waals surface area contributed by atoms with Gasteiger partial charge < -0.3 is 20.3 Å². The summed E-state index contributed by atoms with van der Waals surface area (Å²) < 4.78 is 33.5. The largest absolute Gasteiger partial charge is 0.444 e. The van der Waals surface area contributed by atoms with Gasteiger partial charge in [0, 0.05) is 12.5 Å². The second-order valence-corrected chi connectivity index (χ2v) is 14.0. The molecule has 1 unspecified atom stereocenters. The van der Waals surface area contributed by atoms with Gasteiger partial charge >= 0.3 is 6.09 Å². The summed E-state index contributed by atoms with van der Waals surface area (Å²) in [5.41, 5.74) is -1.98. The molecule has 1 saturated heterocycles. The van der Waals surface area contributed by atoms with Crippen molar-refractivity contribution >= 4 is 33.8 Å². The zero-order chi connectivity index (χ0) is 31.4. The summed E-state index contributed by atoms with van der Waals surface area (Å²) >= 11 is 0. The first-order valence-corrected chi connectivity index (χ1v) is 16.1. The average Bonchev–Trinajstić information content (AvgIpc) is 3.40. The van der Waals surface area contributed by atoms with E-state index in [2.05, 4.69) is 15.4 Å². The lowest BCUT2D eigenvalue weighted by Gasteiger charge is -2.30. The Morgan fingerprint density at radius 3 is 2.49 bits per heavy atom. The van der Waals surface area contributed by atoms with E-state index < -0.39 is 63.0 Å². The molecule has 0 spiro atoms. The lowest BCUT2D eigenvalue weighted by atomic mass is 10.0. The van der Waals surface area contributed by atoms with Gasteiger partial charge in [-0.1, -0.05) is 25.0 Å². The van der Waals surface area contributed by atoms with E-state index in [1.165, 1.54) is 29.2 Å². The molecule has 43 heavy (non-hydrogen) atoms. The number of fused-ring (bicyclic) bond motifs is 2. The number of nitriles is 1. The van der Waals surface area contributed by atoms with Gasteiger partial charge in [-0.15, -0.1) is 0 Å². The number of sulfonamides is 1. The molecule has 2 fully saturated rings. The number of allylic oxidation sites excluding steroid dienone is 1. The number of alkyl carbamates (subject to hydrolysis) is 1. The Balaban J connectivity index is 1.56. The van der Waals surface area contributed by atoms with Crippen LogP contribution in [-0.4, -0.2) is 66.9 Å². The lowest BCUT2D eigenvalue weighted by Crippen LogP contribution is -2.58. The van der Waals surface area contributed by atoms with E-state index in [1.54, 1.807) is 20.8 Å². The molecule has 0 aromatic heterocycles. The van der Waals surface area contributed by atoms with Gasteiger partial charge in [0.25, 0.3) is 15.9 Å². The lowest BCUT2D eigenvalue weighted by molar-refractivity contribution is -0.141. The maximum Gasteiger partial charge on any atom is 0.408 e. The van der Waals surface area contributed by atoms with E-state index in [1.807, 2.05) is 18.2 Å². The molecule has 1 aliphatic carbocycles. The van der Waals surface area contributed by atoms with Crippen LogP contribution >= 0.6 is 0 Å². The average molecular weight is 614 g/mol. The number of hydrogen-bond acceptors (Lipinski definition) is 8. The fourth-order valence-electron chi connectivity index (χ4n) is 5.52. The number of carbonyl (C=O) groups is 4. The molecule has 13 heteroatoms. The van der Waals surface area contributed by atoms with E-state index in [-0.39, 0.29) is 16.9 Å². The molecule has 2 heterocycles. The third kappa shape index (κ3) is 7.73. The van der Waals surface area contributed by atoms with E-state index in [4.69, 9.17) is 10.00 Å². The molecule has 2 aliphatic heterocycles. The third-order valence-electron chi connectivity index (χ3n) is 7.85. The molecule has 3 aliphatic rings. The predicted molar refractivity (Wildman–Crippen MR) is 156 cm³/mol. The molecule has 232 valence electrons. The van der Waals surface area contributed by atoms with Crippen LogP contribution in [0.1, 0.15) is 77.7 Å². The van der Waals surface area contributed by atoms with Crippen molar-refractivity contribution in [1.29, 1.82) is 5.26 Å². The topological polar surface area (TPSA) is 175 Å². The number of carbonyl (C=O) groups excluding carboxylic acids is 4. The van der Waals surface area contributed by atoms with E-state index >= 15 is 0 Å². The molecule has 0 bridgehead atoms. The highest BCUT2D eigenvalue weighted by atomic mass is 32.2. The van der Waals surface area contributed by atoms with Gasteiger partial charge in [0.2, 0.25) is 11.8 Å². The first-order chi connectivity index (χ1) is 20.3. The van der Waals surface area contributed by atoms with E-state index in [0.717, 1.165) is 12.8 Å². The summed E-state index contributed by atoms with van der Waals surface area (Å²) in [7, 11) is -4.29. The molecule has 4 amide bonds. The number of amides is 4. The van der Waals surface area contributed by atoms with Crippen molar-refractivity contribution in [1.82, 2.24) is 20.3 Å². The maximum absolute atomic E-state index is 13.7. The molecule has 4 rings (SSSR count). The number of benzene rings is 1. The van der Waals surface area contributed by atoms with E-state index in [9.17, 15) is 27.6 Å². The van der Waals surface area contributed by atoms with Gasteiger partial charge in [-0.25, -0.2) is 17.9 Å². The Morgan fingerprint density at radius 1 is 1.09 bits per heavy atom. The number of rotatable bonds is 4. The van der Waals surface area contributed by atoms with Gasteiger partial charge in [-0.3, -0.25) is 14.4 Å². The van der Waals surface area contributed by atoms with Gasteiger partial charge in [0.15, 0.2) is 0 Å². The van der Waals surface area contributed by atoms with Crippen LogP contribution in [0.15, 0.2) is 41.3 Å². The summed E-state index contributed by atoms with van der Waals surface area (Å²) in [6, 6.07) is 5.28. The highest BCUT2D eigenvalue weighted by molar-refractivity contribution is 7.90. The van der Waals surface area contributed by atoms with Gasteiger partial charge in [0.05, 0.1) is 16.5 Å². The van der Waals surface area contributed by atoms with Crippen LogP contribution < -0.4 is 15.4 Å². The Morgan fingerprint density at radius 2 is 1.81 bits per heavy atom. The smallest absolute Gasteiger partial charge is 0.408 e. The second kappa shape index (κ2) is 12.8. The monoisotopic (exact) mass is 613 g/mol. The molecular formula is C30H39N5O7S. The summed E-state index contributed by atoms with van der Waals surface area (Å²) in [5, 5.41) is 14.5. The molecule has 0 radical (unpaired) electrons. The molecule has 3 N–H and O–H groups in total. The van der Waals surface area contributed by atoms with Crippen molar-refractivity contribution in [2.24, 2.45) is 5.92 Å². The van der Waals surface area contributed by atoms with Gasteiger partial charge in [-0.05, 0) is 83.6 Å². The minimum Gasteiger partial charge on any atom is -0.444 e. The van der Waals surface area contributed by atoms with Gasteiger partial charge in [-0.2, -0.15) is 5.26 Å². The highest BCUT2D eigenvalue weighted by Gasteiger charge is 2.61. The molecular weight excluding hydrogens is 574 g/mol. The summed E-state index contributed by atoms with van der Waals surface area (Å²) in [5.74, 6) is -2.25. The van der Waals surface area contributed by atoms with Crippen LogP contribution in [0.2, 0.25) is 0 Å². The molecule has 1 aromatic carbocycles. The van der Waals surface area contributed by atoms with Crippen LogP contribution in [0.25, 0.3) is 0 Å². The molecule has 4 atom stereocenters. The highest BCUT2D eigenvalue weighted by Crippen LogP contribution is 2.45. The standard InChI is InChI=1S/C30H39N5O7S/c1-29(2,3)42-28(39)32-23-11-8-6-4-5-7-10-21-18-30(21,33-25(36)24-12-9-17-35(24)26(23)37)27(38)34-43(40,41)22-15-13-20(19-31)14-16-22/h7,10,13-16,21,23-24H,4-6,8-9,11-12,17-18H2,1-3H3,(H,32,39)(H,33,36)(H,34,38)/b10-7-/t21?,23-,24-,30+/m0/s1. The molecule has 1 aromatic rings. The van der Waals surface area contributed by atoms with Crippen molar-refractivity contribution < 1.29 is 32.3 Å². The normalized spacial score (nSPS) is 27.2. The Labute approximate surface area is 252 Å². The molecule has 12 nitrogen and oxygen atoms in total. The van der Waals surface area contributed by atoms with Crippen molar-refractivity contribution in [2.75, 3.05) is 6.54 Å². The molecule has 1 saturated carbocycles. The van der Waals surface area contributed by atoms with Crippen LogP contribution in [0, 0.1) is 17.2 Å². The van der Waals surface area contributed by atoms with Crippen molar-refractivity contribution in [3.05, 3.63) is 42.0 Å². The van der Waals surface area contributed by atoms with Gasteiger partial charge in [0.1, 0.15) is 23.2 Å². The SMILES string of the molecule is CC(C)(C)OC(=O)N[C@H]1CCCCC/C=C\C2C[C@@]2(C(=O)NS(=O)(=O)c2ccc(C#N)cc2)NC(=O)[C@@H]2CCCN2C1=O. The van der Waals surface area contributed by atoms with Crippen LogP contribution in [-0.2, 0) is 29.1 Å². The van der Waals surface area contributed by atoms with Crippen molar-refractivity contribution in [3.8, 4) is 6.07 Å². The second-order valence-electron chi connectivity index (χ2n) is 12.3. The zero-order valence-corrected chi connectivity index (χ0v) is 25.5. The summed E-state index contributed by atoms with van der Waals surface area (Å²) in [6.07, 6.45) is 7.51. The number of hydrogen-bond donors (Lipinski definition) is 3. The fourth-order valence-corrected chi connectivity index (χ4v) is 6.56. The Bertz CT molecular complexity index is 1430. The van der Waals surface area contributed by atoms with Crippen molar-refractivity contribution in [3.63, 3.8) is 0 Å². The summed E-state index contributed by atoms with van der Waals surface area (Å²) in [6.45, 7) is 5.49. The Hall–Kier alpha value is -3.92. The van der Waals surface area contributed by atoms with Crippen LogP contribution in [0.3, 0.4) is 0 Å². The minimum atomic E-state index is -4.29. The fraction of sp³-hybridized carbons (Fsp3) is 0.567. The number of nitrogens with one attached hydrogen (secondary N) is 3. The minimum absolute atomic E-state index is 0.191. The van der Waals surface area contributed by atoms with Crippen LogP contribution in [0.4, 0.5) is 4.79 Å².